The zero-order valence-electron chi connectivity index (χ0n) is 7.42. The minimum atomic E-state index is -0.212. The van der Waals surface area contributed by atoms with Crippen LogP contribution in [0.5, 0.6) is 0 Å². The van der Waals surface area contributed by atoms with Crippen LogP contribution in [-0.4, -0.2) is 23.4 Å². The Morgan fingerprint density at radius 2 is 2.09 bits per heavy atom. The van der Waals surface area contributed by atoms with Crippen molar-refractivity contribution in [1.82, 2.24) is 0 Å². The van der Waals surface area contributed by atoms with Crippen LogP contribution >= 0.6 is 0 Å². The molecule has 1 N–H and O–H groups in total. The second-order valence-corrected chi connectivity index (χ2v) is 3.37. The van der Waals surface area contributed by atoms with Gasteiger partial charge in [-0.1, -0.05) is 26.2 Å². The number of aliphatic hydroxyl groups is 1. The Hall–Kier alpha value is -0.0800. The molecule has 0 saturated carbocycles. The normalized spacial score (nSPS) is 31.9. The van der Waals surface area contributed by atoms with Gasteiger partial charge in [0, 0.05) is 0 Å². The highest BCUT2D eigenvalue weighted by molar-refractivity contribution is 4.86. The molecule has 1 aliphatic heterocycles. The van der Waals surface area contributed by atoms with Crippen LogP contribution in [0.4, 0.5) is 0 Å². The van der Waals surface area contributed by atoms with E-state index in [1.54, 1.807) is 0 Å². The average molecular weight is 158 g/mol. The third kappa shape index (κ3) is 2.80. The van der Waals surface area contributed by atoms with Crippen molar-refractivity contribution in [2.75, 3.05) is 0 Å². The lowest BCUT2D eigenvalue weighted by Crippen LogP contribution is -2.15. The summed E-state index contributed by atoms with van der Waals surface area (Å²) in [5.41, 5.74) is 0. The maximum Gasteiger partial charge on any atom is 0.110 e. The van der Waals surface area contributed by atoms with Gasteiger partial charge in [0.05, 0.1) is 12.2 Å². The van der Waals surface area contributed by atoms with E-state index in [2.05, 4.69) is 6.92 Å². The molecule has 1 heterocycles. The first kappa shape index (κ1) is 9.01. The van der Waals surface area contributed by atoms with Crippen LogP contribution in [0.15, 0.2) is 0 Å². The Morgan fingerprint density at radius 1 is 1.45 bits per heavy atom. The summed E-state index contributed by atoms with van der Waals surface area (Å²) < 4.78 is 5.16. The Bertz CT molecular complexity index is 114. The van der Waals surface area contributed by atoms with Gasteiger partial charge in [-0.15, -0.1) is 0 Å². The molecule has 0 spiro atoms. The predicted molar refractivity (Wildman–Crippen MR) is 44.5 cm³/mol. The van der Waals surface area contributed by atoms with Crippen LogP contribution in [0.2, 0.25) is 0 Å². The molecule has 0 radical (unpaired) electrons. The molecule has 0 bridgehead atoms. The number of hydrogen-bond acceptors (Lipinski definition) is 2. The molecule has 2 heteroatoms. The molecular formula is C9H18O2. The lowest BCUT2D eigenvalue weighted by molar-refractivity contribution is 0.123. The van der Waals surface area contributed by atoms with Gasteiger partial charge in [-0.25, -0.2) is 0 Å². The minimum Gasteiger partial charge on any atom is -0.390 e. The standard InChI is InChI=1S/C9H18O2/c1-3-4-5-6-8(10)9-7(2)11-9/h7-10H,3-6H2,1-2H3/t7-,8+,9+/m1/s1. The maximum absolute atomic E-state index is 9.46. The van der Waals surface area contributed by atoms with Crippen LogP contribution in [0.3, 0.4) is 0 Å². The Morgan fingerprint density at radius 3 is 2.55 bits per heavy atom. The summed E-state index contributed by atoms with van der Waals surface area (Å²) in [4.78, 5) is 0. The maximum atomic E-state index is 9.46. The lowest BCUT2D eigenvalue weighted by atomic mass is 10.1. The van der Waals surface area contributed by atoms with Crippen molar-refractivity contribution in [3.8, 4) is 0 Å². The molecule has 66 valence electrons. The summed E-state index contributed by atoms with van der Waals surface area (Å²) in [5.74, 6) is 0. The molecule has 0 aliphatic carbocycles. The summed E-state index contributed by atoms with van der Waals surface area (Å²) >= 11 is 0. The molecular weight excluding hydrogens is 140 g/mol. The van der Waals surface area contributed by atoms with Crippen molar-refractivity contribution in [1.29, 1.82) is 0 Å². The summed E-state index contributed by atoms with van der Waals surface area (Å²) in [5, 5.41) is 9.46. The summed E-state index contributed by atoms with van der Waals surface area (Å²) in [6.07, 6.45) is 4.70. The van der Waals surface area contributed by atoms with Crippen molar-refractivity contribution in [2.24, 2.45) is 0 Å². The van der Waals surface area contributed by atoms with E-state index >= 15 is 0 Å². The highest BCUT2D eigenvalue weighted by Crippen LogP contribution is 2.26. The van der Waals surface area contributed by atoms with Gasteiger partial charge in [0.25, 0.3) is 0 Å². The van der Waals surface area contributed by atoms with Gasteiger partial charge in [0.15, 0.2) is 0 Å². The van der Waals surface area contributed by atoms with Crippen molar-refractivity contribution in [3.63, 3.8) is 0 Å². The van der Waals surface area contributed by atoms with Gasteiger partial charge >= 0.3 is 0 Å². The van der Waals surface area contributed by atoms with E-state index in [0.29, 0.717) is 6.10 Å². The SMILES string of the molecule is CCCCC[C@H](O)[C@H]1O[C@@H]1C. The monoisotopic (exact) mass is 158 g/mol. The Balaban J connectivity index is 1.98. The van der Waals surface area contributed by atoms with Gasteiger partial charge in [0.1, 0.15) is 6.10 Å². The van der Waals surface area contributed by atoms with Gasteiger partial charge < -0.3 is 9.84 Å². The van der Waals surface area contributed by atoms with Gasteiger partial charge in [-0.05, 0) is 13.3 Å². The fourth-order valence-electron chi connectivity index (χ4n) is 1.37. The van der Waals surface area contributed by atoms with E-state index < -0.39 is 0 Å². The third-order valence-electron chi connectivity index (χ3n) is 2.24. The van der Waals surface area contributed by atoms with E-state index in [-0.39, 0.29) is 12.2 Å². The minimum absolute atomic E-state index is 0.145. The summed E-state index contributed by atoms with van der Waals surface area (Å²) in [7, 11) is 0. The smallest absolute Gasteiger partial charge is 0.110 e. The second kappa shape index (κ2) is 4.07. The first-order valence-electron chi connectivity index (χ1n) is 4.59. The van der Waals surface area contributed by atoms with Crippen LogP contribution in [0.1, 0.15) is 39.5 Å². The van der Waals surface area contributed by atoms with Crippen molar-refractivity contribution in [3.05, 3.63) is 0 Å². The molecule has 11 heavy (non-hydrogen) atoms. The number of epoxide rings is 1. The molecule has 2 nitrogen and oxygen atoms in total. The molecule has 0 aromatic rings. The fourth-order valence-corrected chi connectivity index (χ4v) is 1.37. The lowest BCUT2D eigenvalue weighted by Gasteiger charge is -2.05. The summed E-state index contributed by atoms with van der Waals surface area (Å²) in [6.45, 7) is 4.18. The van der Waals surface area contributed by atoms with Gasteiger partial charge in [-0.3, -0.25) is 0 Å². The van der Waals surface area contributed by atoms with E-state index in [4.69, 9.17) is 4.74 Å². The number of rotatable bonds is 5. The largest absolute Gasteiger partial charge is 0.390 e. The number of ether oxygens (including phenoxy) is 1. The quantitative estimate of drug-likeness (QED) is 0.488. The molecule has 1 rings (SSSR count). The van der Waals surface area contributed by atoms with E-state index in [1.165, 1.54) is 12.8 Å². The van der Waals surface area contributed by atoms with Crippen LogP contribution in [0.25, 0.3) is 0 Å². The Labute approximate surface area is 68.6 Å². The molecule has 0 unspecified atom stereocenters. The van der Waals surface area contributed by atoms with Crippen molar-refractivity contribution in [2.45, 2.75) is 57.8 Å². The van der Waals surface area contributed by atoms with Gasteiger partial charge in [0.2, 0.25) is 0 Å². The highest BCUT2D eigenvalue weighted by Gasteiger charge is 2.39. The zero-order valence-corrected chi connectivity index (χ0v) is 7.42. The molecule has 1 fully saturated rings. The first-order chi connectivity index (χ1) is 5.25. The van der Waals surface area contributed by atoms with E-state index in [0.717, 1.165) is 12.8 Å². The molecule has 0 amide bonds. The van der Waals surface area contributed by atoms with E-state index in [9.17, 15) is 5.11 Å². The molecule has 1 saturated heterocycles. The molecule has 0 aromatic carbocycles. The number of unbranched alkanes of at least 4 members (excludes halogenated alkanes) is 2. The second-order valence-electron chi connectivity index (χ2n) is 3.37. The molecule has 0 aromatic heterocycles. The first-order valence-corrected chi connectivity index (χ1v) is 4.59. The van der Waals surface area contributed by atoms with Crippen molar-refractivity contribution < 1.29 is 9.84 Å². The topological polar surface area (TPSA) is 32.8 Å². The summed E-state index contributed by atoms with van der Waals surface area (Å²) in [6, 6.07) is 0. The zero-order chi connectivity index (χ0) is 8.27. The third-order valence-corrected chi connectivity index (χ3v) is 2.24. The van der Waals surface area contributed by atoms with Crippen LogP contribution < -0.4 is 0 Å². The number of aliphatic hydroxyl groups excluding tert-OH is 1. The van der Waals surface area contributed by atoms with Crippen molar-refractivity contribution >= 4 is 0 Å². The van der Waals surface area contributed by atoms with Gasteiger partial charge in [-0.2, -0.15) is 0 Å². The highest BCUT2D eigenvalue weighted by atomic mass is 16.6. The predicted octanol–water partition coefficient (Wildman–Crippen LogP) is 1.71. The van der Waals surface area contributed by atoms with Crippen LogP contribution in [0, 0.1) is 0 Å². The number of hydrogen-bond donors (Lipinski definition) is 1. The fraction of sp³-hybridized carbons (Fsp3) is 1.00. The molecule has 3 atom stereocenters. The average Bonchev–Trinajstić information content (AvgIpc) is 2.67. The molecule has 1 aliphatic rings. The Kier molecular flexibility index (Phi) is 3.34. The van der Waals surface area contributed by atoms with Crippen LogP contribution in [-0.2, 0) is 4.74 Å². The van der Waals surface area contributed by atoms with E-state index in [1.807, 2.05) is 6.92 Å².